The molecule has 0 spiro atoms. The summed E-state index contributed by atoms with van der Waals surface area (Å²) in [5, 5.41) is 0. The van der Waals surface area contributed by atoms with Gasteiger partial charge in [0.2, 0.25) is 0 Å². The maximum absolute atomic E-state index is 13.5. The van der Waals surface area contributed by atoms with Crippen LogP contribution in [0.4, 0.5) is 5.69 Å². The SMILES string of the molecule is O=C1C(c2ccccc2)=C(N2CCc3ccccc32)C(=O)N1CCN1CCOCC1. The van der Waals surface area contributed by atoms with Crippen LogP contribution in [0.1, 0.15) is 11.1 Å². The fourth-order valence-corrected chi connectivity index (χ4v) is 4.52. The molecule has 2 amide bonds. The standard InChI is InChI=1S/C24H25N3O3/c28-23-21(19-7-2-1-3-8-19)22(26-11-10-18-6-4-5-9-20(18)26)24(29)27(23)13-12-25-14-16-30-17-15-25/h1-9H,10-17H2. The van der Waals surface area contributed by atoms with Gasteiger partial charge >= 0.3 is 0 Å². The van der Waals surface area contributed by atoms with Crippen molar-refractivity contribution in [2.75, 3.05) is 50.8 Å². The van der Waals surface area contributed by atoms with Crippen molar-refractivity contribution < 1.29 is 14.3 Å². The number of nitrogens with zero attached hydrogens (tertiary/aromatic N) is 3. The first kappa shape index (κ1) is 19.0. The zero-order valence-corrected chi connectivity index (χ0v) is 16.9. The Morgan fingerprint density at radius 2 is 1.53 bits per heavy atom. The summed E-state index contributed by atoms with van der Waals surface area (Å²) in [5.41, 5.74) is 4.06. The van der Waals surface area contributed by atoms with E-state index < -0.39 is 0 Å². The van der Waals surface area contributed by atoms with E-state index in [0.717, 1.165) is 30.8 Å². The Balaban J connectivity index is 1.49. The summed E-state index contributed by atoms with van der Waals surface area (Å²) >= 11 is 0. The van der Waals surface area contributed by atoms with Gasteiger partial charge in [-0.1, -0.05) is 48.5 Å². The van der Waals surface area contributed by atoms with E-state index in [1.165, 1.54) is 10.5 Å². The van der Waals surface area contributed by atoms with Crippen molar-refractivity contribution in [2.45, 2.75) is 6.42 Å². The van der Waals surface area contributed by atoms with Crippen LogP contribution in [0.2, 0.25) is 0 Å². The monoisotopic (exact) mass is 403 g/mol. The average molecular weight is 403 g/mol. The molecule has 2 aromatic carbocycles. The number of morpholine rings is 1. The van der Waals surface area contributed by atoms with Gasteiger partial charge < -0.3 is 9.64 Å². The van der Waals surface area contributed by atoms with E-state index in [1.54, 1.807) is 0 Å². The third-order valence-electron chi connectivity index (χ3n) is 6.11. The highest BCUT2D eigenvalue weighted by molar-refractivity contribution is 6.36. The number of fused-ring (bicyclic) bond motifs is 1. The van der Waals surface area contributed by atoms with Crippen LogP contribution in [0.3, 0.4) is 0 Å². The van der Waals surface area contributed by atoms with Gasteiger partial charge in [-0.05, 0) is 23.6 Å². The minimum absolute atomic E-state index is 0.191. The summed E-state index contributed by atoms with van der Waals surface area (Å²) < 4.78 is 5.40. The zero-order valence-electron chi connectivity index (χ0n) is 16.9. The van der Waals surface area contributed by atoms with E-state index in [4.69, 9.17) is 4.74 Å². The molecule has 6 nitrogen and oxygen atoms in total. The number of ether oxygens (including phenoxy) is 1. The lowest BCUT2D eigenvalue weighted by Gasteiger charge is -2.28. The molecule has 0 aromatic heterocycles. The fraction of sp³-hybridized carbons (Fsp3) is 0.333. The largest absolute Gasteiger partial charge is 0.379 e. The Morgan fingerprint density at radius 1 is 0.800 bits per heavy atom. The topological polar surface area (TPSA) is 53.1 Å². The second-order valence-corrected chi connectivity index (χ2v) is 7.84. The minimum Gasteiger partial charge on any atom is -0.379 e. The normalized spacial score (nSPS) is 19.7. The molecule has 6 heteroatoms. The molecule has 0 aliphatic carbocycles. The Morgan fingerprint density at radius 3 is 2.33 bits per heavy atom. The molecule has 154 valence electrons. The summed E-state index contributed by atoms with van der Waals surface area (Å²) in [6, 6.07) is 17.7. The van der Waals surface area contributed by atoms with Gasteiger partial charge in [-0.15, -0.1) is 0 Å². The Bertz CT molecular complexity index is 996. The van der Waals surface area contributed by atoms with Crippen LogP contribution in [0.5, 0.6) is 0 Å². The second kappa shape index (κ2) is 8.05. The maximum Gasteiger partial charge on any atom is 0.278 e. The first-order chi connectivity index (χ1) is 14.7. The van der Waals surface area contributed by atoms with Gasteiger partial charge in [0, 0.05) is 38.4 Å². The van der Waals surface area contributed by atoms with Gasteiger partial charge in [-0.3, -0.25) is 19.4 Å². The molecule has 2 aromatic rings. The van der Waals surface area contributed by atoms with Crippen molar-refractivity contribution in [2.24, 2.45) is 0 Å². The quantitative estimate of drug-likeness (QED) is 0.717. The summed E-state index contributed by atoms with van der Waals surface area (Å²) in [6.45, 7) is 4.85. The molecular weight excluding hydrogens is 378 g/mol. The predicted molar refractivity (Wildman–Crippen MR) is 115 cm³/mol. The number of amides is 2. The highest BCUT2D eigenvalue weighted by Crippen LogP contribution is 2.38. The molecule has 0 radical (unpaired) electrons. The maximum atomic E-state index is 13.5. The smallest absolute Gasteiger partial charge is 0.278 e. The highest BCUT2D eigenvalue weighted by atomic mass is 16.5. The van der Waals surface area contributed by atoms with Crippen molar-refractivity contribution >= 4 is 23.1 Å². The molecule has 3 aliphatic rings. The Hall–Kier alpha value is -2.96. The van der Waals surface area contributed by atoms with E-state index in [2.05, 4.69) is 11.0 Å². The predicted octanol–water partition coefficient (Wildman–Crippen LogP) is 2.16. The van der Waals surface area contributed by atoms with E-state index in [1.807, 2.05) is 53.4 Å². The Kier molecular flexibility index (Phi) is 5.11. The van der Waals surface area contributed by atoms with Crippen LogP contribution >= 0.6 is 0 Å². The van der Waals surface area contributed by atoms with Gasteiger partial charge in [-0.2, -0.15) is 0 Å². The molecule has 0 saturated carbocycles. The molecule has 0 N–H and O–H groups in total. The Labute approximate surface area is 176 Å². The van der Waals surface area contributed by atoms with E-state index in [0.29, 0.717) is 44.1 Å². The minimum atomic E-state index is -0.196. The molecular formula is C24H25N3O3. The van der Waals surface area contributed by atoms with Gasteiger partial charge in [0.15, 0.2) is 0 Å². The molecule has 30 heavy (non-hydrogen) atoms. The van der Waals surface area contributed by atoms with Gasteiger partial charge in [0.05, 0.1) is 18.8 Å². The highest BCUT2D eigenvalue weighted by Gasteiger charge is 2.43. The summed E-state index contributed by atoms with van der Waals surface area (Å²) in [4.78, 5) is 32.7. The number of imide groups is 1. The average Bonchev–Trinajstić information content (AvgIpc) is 3.32. The molecule has 0 bridgehead atoms. The molecule has 3 heterocycles. The van der Waals surface area contributed by atoms with Crippen LogP contribution in [-0.4, -0.2) is 67.6 Å². The molecule has 3 aliphatic heterocycles. The number of hydrogen-bond donors (Lipinski definition) is 0. The van der Waals surface area contributed by atoms with Crippen LogP contribution in [0, 0.1) is 0 Å². The number of hydrogen-bond acceptors (Lipinski definition) is 5. The first-order valence-corrected chi connectivity index (χ1v) is 10.6. The van der Waals surface area contributed by atoms with E-state index in [-0.39, 0.29) is 11.8 Å². The van der Waals surface area contributed by atoms with E-state index in [9.17, 15) is 9.59 Å². The lowest BCUT2D eigenvalue weighted by Crippen LogP contribution is -2.44. The van der Waals surface area contributed by atoms with Crippen LogP contribution < -0.4 is 4.90 Å². The van der Waals surface area contributed by atoms with Crippen molar-refractivity contribution in [1.82, 2.24) is 9.80 Å². The summed E-state index contributed by atoms with van der Waals surface area (Å²) in [5.74, 6) is -0.386. The lowest BCUT2D eigenvalue weighted by atomic mass is 10.0. The number of rotatable bonds is 5. The van der Waals surface area contributed by atoms with Crippen molar-refractivity contribution in [1.29, 1.82) is 0 Å². The number of anilines is 1. The molecule has 0 atom stereocenters. The van der Waals surface area contributed by atoms with E-state index >= 15 is 0 Å². The van der Waals surface area contributed by atoms with Crippen LogP contribution in [0.15, 0.2) is 60.3 Å². The number of carbonyl (C=O) groups is 2. The first-order valence-electron chi connectivity index (χ1n) is 10.6. The van der Waals surface area contributed by atoms with Crippen molar-refractivity contribution in [3.05, 3.63) is 71.4 Å². The molecule has 5 rings (SSSR count). The molecule has 1 saturated heterocycles. The summed E-state index contributed by atoms with van der Waals surface area (Å²) in [7, 11) is 0. The lowest BCUT2D eigenvalue weighted by molar-refractivity contribution is -0.137. The second-order valence-electron chi connectivity index (χ2n) is 7.84. The van der Waals surface area contributed by atoms with Gasteiger partial charge in [-0.25, -0.2) is 0 Å². The van der Waals surface area contributed by atoms with Gasteiger partial charge in [0.25, 0.3) is 11.8 Å². The molecule has 1 fully saturated rings. The van der Waals surface area contributed by atoms with Crippen LogP contribution in [-0.2, 0) is 20.7 Å². The van der Waals surface area contributed by atoms with Gasteiger partial charge in [0.1, 0.15) is 5.70 Å². The fourth-order valence-electron chi connectivity index (χ4n) is 4.52. The number of carbonyl (C=O) groups excluding carboxylic acids is 2. The third-order valence-corrected chi connectivity index (χ3v) is 6.11. The summed E-state index contributed by atoms with van der Waals surface area (Å²) in [6.07, 6.45) is 0.872. The number of benzene rings is 2. The number of para-hydroxylation sites is 1. The third kappa shape index (κ3) is 3.32. The zero-order chi connectivity index (χ0) is 20.5. The van der Waals surface area contributed by atoms with Crippen molar-refractivity contribution in [3.63, 3.8) is 0 Å². The molecule has 0 unspecified atom stereocenters. The van der Waals surface area contributed by atoms with Crippen molar-refractivity contribution in [3.8, 4) is 0 Å². The van der Waals surface area contributed by atoms with Crippen LogP contribution in [0.25, 0.3) is 5.57 Å².